The standard InChI is InChI=1S/C13H15N3.ClH/c1-9-3-5-11(6-4-9)15-13-8-10(2)7-12(14)16-13;/h3-8H,1-2H3,(H3,14,15,16);1H. The predicted molar refractivity (Wildman–Crippen MR) is 75.1 cm³/mol. The third kappa shape index (κ3) is 3.64. The summed E-state index contributed by atoms with van der Waals surface area (Å²) in [6, 6.07) is 12.0. The van der Waals surface area contributed by atoms with Crippen molar-refractivity contribution in [3.8, 4) is 0 Å². The SMILES string of the molecule is Cc1ccc(Nc2cc(C)cc(N)n2)cc1.Cl. The van der Waals surface area contributed by atoms with Gasteiger partial charge in [-0.1, -0.05) is 17.7 Å². The highest BCUT2D eigenvalue weighted by Gasteiger charge is 1.98. The number of aryl methyl sites for hydroxylation is 2. The molecule has 17 heavy (non-hydrogen) atoms. The molecule has 3 N–H and O–H groups in total. The lowest BCUT2D eigenvalue weighted by Crippen LogP contribution is -1.98. The molecule has 0 saturated carbocycles. The number of nitrogens with two attached hydrogens (primary N) is 1. The maximum atomic E-state index is 5.69. The minimum Gasteiger partial charge on any atom is -0.384 e. The van der Waals surface area contributed by atoms with E-state index in [2.05, 4.69) is 29.4 Å². The van der Waals surface area contributed by atoms with Crippen LogP contribution in [0.2, 0.25) is 0 Å². The van der Waals surface area contributed by atoms with Crippen LogP contribution in [0.25, 0.3) is 0 Å². The number of nitrogens with zero attached hydrogens (tertiary/aromatic N) is 1. The Morgan fingerprint density at radius 3 is 2.24 bits per heavy atom. The van der Waals surface area contributed by atoms with Crippen molar-refractivity contribution in [3.63, 3.8) is 0 Å². The highest BCUT2D eigenvalue weighted by molar-refractivity contribution is 5.85. The van der Waals surface area contributed by atoms with E-state index in [1.165, 1.54) is 5.56 Å². The molecule has 3 nitrogen and oxygen atoms in total. The highest BCUT2D eigenvalue weighted by atomic mass is 35.5. The molecule has 0 bridgehead atoms. The summed E-state index contributed by atoms with van der Waals surface area (Å²) in [7, 11) is 0. The molecular weight excluding hydrogens is 234 g/mol. The Labute approximate surface area is 107 Å². The first-order valence-corrected chi connectivity index (χ1v) is 5.21. The molecule has 2 aromatic rings. The zero-order chi connectivity index (χ0) is 11.5. The smallest absolute Gasteiger partial charge is 0.133 e. The van der Waals surface area contributed by atoms with E-state index in [9.17, 15) is 0 Å². The topological polar surface area (TPSA) is 50.9 Å². The Balaban J connectivity index is 0.00000144. The maximum absolute atomic E-state index is 5.69. The summed E-state index contributed by atoms with van der Waals surface area (Å²) in [6.45, 7) is 4.06. The molecule has 1 aromatic heterocycles. The zero-order valence-electron chi connectivity index (χ0n) is 9.90. The number of benzene rings is 1. The van der Waals surface area contributed by atoms with E-state index in [-0.39, 0.29) is 12.4 Å². The van der Waals surface area contributed by atoms with Gasteiger partial charge in [0.1, 0.15) is 11.6 Å². The van der Waals surface area contributed by atoms with Gasteiger partial charge in [-0.05, 0) is 43.7 Å². The Kier molecular flexibility index (Phi) is 4.35. The van der Waals surface area contributed by atoms with Gasteiger partial charge in [0.15, 0.2) is 0 Å². The Hall–Kier alpha value is -1.74. The highest BCUT2D eigenvalue weighted by Crippen LogP contribution is 2.17. The van der Waals surface area contributed by atoms with E-state index < -0.39 is 0 Å². The maximum Gasteiger partial charge on any atom is 0.133 e. The minimum absolute atomic E-state index is 0. The summed E-state index contributed by atoms with van der Waals surface area (Å²) in [4.78, 5) is 4.22. The van der Waals surface area contributed by atoms with Gasteiger partial charge in [0.25, 0.3) is 0 Å². The molecule has 4 heteroatoms. The average Bonchev–Trinajstić information content (AvgIpc) is 2.20. The van der Waals surface area contributed by atoms with Gasteiger partial charge in [-0.15, -0.1) is 12.4 Å². The summed E-state index contributed by atoms with van der Waals surface area (Å²) in [5.41, 5.74) is 9.04. The quantitative estimate of drug-likeness (QED) is 0.857. The number of anilines is 3. The molecule has 1 aromatic carbocycles. The fraction of sp³-hybridized carbons (Fsp3) is 0.154. The van der Waals surface area contributed by atoms with Crippen molar-refractivity contribution >= 4 is 29.7 Å². The molecular formula is C13H16ClN3. The van der Waals surface area contributed by atoms with Crippen LogP contribution in [-0.4, -0.2) is 4.98 Å². The van der Waals surface area contributed by atoms with E-state index in [0.29, 0.717) is 5.82 Å². The molecule has 0 unspecified atom stereocenters. The van der Waals surface area contributed by atoms with Crippen molar-refractivity contribution in [3.05, 3.63) is 47.5 Å². The first-order valence-electron chi connectivity index (χ1n) is 5.21. The first kappa shape index (κ1) is 13.3. The van der Waals surface area contributed by atoms with Crippen LogP contribution in [0, 0.1) is 13.8 Å². The van der Waals surface area contributed by atoms with Crippen LogP contribution in [0.5, 0.6) is 0 Å². The van der Waals surface area contributed by atoms with Crippen LogP contribution in [0.3, 0.4) is 0 Å². The largest absolute Gasteiger partial charge is 0.384 e. The lowest BCUT2D eigenvalue weighted by Gasteiger charge is -2.07. The van der Waals surface area contributed by atoms with Crippen LogP contribution < -0.4 is 11.1 Å². The van der Waals surface area contributed by atoms with E-state index >= 15 is 0 Å². The second kappa shape index (κ2) is 5.55. The molecule has 0 spiro atoms. The van der Waals surface area contributed by atoms with Gasteiger partial charge in [-0.2, -0.15) is 0 Å². The van der Waals surface area contributed by atoms with Crippen molar-refractivity contribution in [2.45, 2.75) is 13.8 Å². The third-order valence-corrected chi connectivity index (χ3v) is 2.31. The predicted octanol–water partition coefficient (Wildman–Crippen LogP) is 3.45. The second-order valence-electron chi connectivity index (χ2n) is 3.95. The molecule has 0 radical (unpaired) electrons. The molecule has 0 aliphatic rings. The van der Waals surface area contributed by atoms with Crippen molar-refractivity contribution in [1.29, 1.82) is 0 Å². The van der Waals surface area contributed by atoms with Gasteiger partial charge in [-0.25, -0.2) is 4.98 Å². The summed E-state index contributed by atoms with van der Waals surface area (Å²) in [5, 5.41) is 3.22. The lowest BCUT2D eigenvalue weighted by atomic mass is 10.2. The van der Waals surface area contributed by atoms with Gasteiger partial charge in [0.05, 0.1) is 0 Å². The van der Waals surface area contributed by atoms with Crippen molar-refractivity contribution < 1.29 is 0 Å². The van der Waals surface area contributed by atoms with Gasteiger partial charge in [-0.3, -0.25) is 0 Å². The van der Waals surface area contributed by atoms with Crippen LogP contribution >= 0.6 is 12.4 Å². The molecule has 1 heterocycles. The number of nitrogens with one attached hydrogen (secondary N) is 1. The van der Waals surface area contributed by atoms with Crippen LogP contribution in [0.4, 0.5) is 17.3 Å². The summed E-state index contributed by atoms with van der Waals surface area (Å²) >= 11 is 0. The van der Waals surface area contributed by atoms with Crippen LogP contribution in [-0.2, 0) is 0 Å². The monoisotopic (exact) mass is 249 g/mol. The number of pyridine rings is 1. The fourth-order valence-corrected chi connectivity index (χ4v) is 1.54. The van der Waals surface area contributed by atoms with Gasteiger partial charge in [0.2, 0.25) is 0 Å². The molecule has 0 fully saturated rings. The first-order chi connectivity index (χ1) is 7.63. The summed E-state index contributed by atoms with van der Waals surface area (Å²) in [6.07, 6.45) is 0. The number of nitrogen functional groups attached to an aromatic ring is 1. The number of hydrogen-bond donors (Lipinski definition) is 2. The van der Waals surface area contributed by atoms with E-state index in [0.717, 1.165) is 17.1 Å². The fourth-order valence-electron chi connectivity index (χ4n) is 1.54. The molecule has 0 atom stereocenters. The molecule has 2 rings (SSSR count). The van der Waals surface area contributed by atoms with Crippen molar-refractivity contribution in [2.75, 3.05) is 11.1 Å². The van der Waals surface area contributed by atoms with Crippen LogP contribution in [0.15, 0.2) is 36.4 Å². The normalized spacial score (nSPS) is 9.53. The summed E-state index contributed by atoms with van der Waals surface area (Å²) in [5.74, 6) is 1.32. The van der Waals surface area contributed by atoms with E-state index in [4.69, 9.17) is 5.73 Å². The average molecular weight is 250 g/mol. The summed E-state index contributed by atoms with van der Waals surface area (Å²) < 4.78 is 0. The van der Waals surface area contributed by atoms with Crippen molar-refractivity contribution in [2.24, 2.45) is 0 Å². The molecule has 90 valence electrons. The minimum atomic E-state index is 0. The zero-order valence-corrected chi connectivity index (χ0v) is 10.7. The van der Waals surface area contributed by atoms with E-state index in [1.54, 1.807) is 0 Å². The molecule has 0 amide bonds. The second-order valence-corrected chi connectivity index (χ2v) is 3.95. The number of aromatic nitrogens is 1. The number of hydrogen-bond acceptors (Lipinski definition) is 3. The van der Waals surface area contributed by atoms with Crippen molar-refractivity contribution in [1.82, 2.24) is 4.98 Å². The Morgan fingerprint density at radius 2 is 1.65 bits per heavy atom. The Bertz CT molecular complexity index is 474. The van der Waals surface area contributed by atoms with Gasteiger partial charge >= 0.3 is 0 Å². The van der Waals surface area contributed by atoms with E-state index in [1.807, 2.05) is 31.2 Å². The lowest BCUT2D eigenvalue weighted by molar-refractivity contribution is 1.28. The molecule has 0 aliphatic carbocycles. The third-order valence-electron chi connectivity index (χ3n) is 2.31. The van der Waals surface area contributed by atoms with Gasteiger partial charge in [0, 0.05) is 5.69 Å². The Morgan fingerprint density at radius 1 is 1.00 bits per heavy atom. The number of rotatable bonds is 2. The molecule has 0 saturated heterocycles. The van der Waals surface area contributed by atoms with Crippen LogP contribution in [0.1, 0.15) is 11.1 Å². The van der Waals surface area contributed by atoms with Gasteiger partial charge < -0.3 is 11.1 Å². The molecule has 0 aliphatic heterocycles. The number of halogens is 1.